The Morgan fingerprint density at radius 1 is 1.33 bits per heavy atom. The Labute approximate surface area is 127 Å². The number of rotatable bonds is 5. The van der Waals surface area contributed by atoms with E-state index in [1.54, 1.807) is 0 Å². The summed E-state index contributed by atoms with van der Waals surface area (Å²) < 4.78 is 0. The van der Waals surface area contributed by atoms with E-state index in [1.807, 2.05) is 18.2 Å². The molecule has 0 amide bonds. The van der Waals surface area contributed by atoms with Crippen LogP contribution in [0.1, 0.15) is 18.1 Å². The Bertz CT molecular complexity index is 552. The summed E-state index contributed by atoms with van der Waals surface area (Å²) in [6.07, 6.45) is 2.17. The van der Waals surface area contributed by atoms with Crippen molar-refractivity contribution in [3.63, 3.8) is 0 Å². The summed E-state index contributed by atoms with van der Waals surface area (Å²) in [5, 5.41) is 0. The molecule has 0 radical (unpaired) electrons. The Morgan fingerprint density at radius 2 is 2.10 bits per heavy atom. The summed E-state index contributed by atoms with van der Waals surface area (Å²) >= 11 is 0. The molecule has 1 saturated heterocycles. The number of allylic oxidation sites excluding steroid dienone is 1. The molecule has 114 valence electrons. The summed E-state index contributed by atoms with van der Waals surface area (Å²) in [5.41, 5.74) is 4.60. The number of likely N-dealkylation sites (N-methyl/N-ethyl adjacent to an activating group) is 1. The lowest BCUT2D eigenvalue weighted by molar-refractivity contribution is -0.178. The number of nitrogens with zero attached hydrogens (tertiary/aromatic N) is 2. The van der Waals surface area contributed by atoms with Crippen molar-refractivity contribution in [2.75, 3.05) is 33.9 Å². The van der Waals surface area contributed by atoms with Crippen LogP contribution in [0.4, 0.5) is 0 Å². The lowest BCUT2D eigenvalue weighted by atomic mass is 10.0. The standard InChI is InChI=1S/C17H24N2O2/c1-13(15(3)19-9-8-18(4)12-19)10-16-6-7-17(21-20-5)11-14(16)2/h6-7,10-11H,3,8-9,12H2,1-2,4-5H3/b13-10+. The van der Waals surface area contributed by atoms with Gasteiger partial charge in [0.2, 0.25) is 0 Å². The molecule has 0 bridgehead atoms. The van der Waals surface area contributed by atoms with Gasteiger partial charge in [0.25, 0.3) is 0 Å². The van der Waals surface area contributed by atoms with Crippen LogP contribution in [-0.2, 0) is 4.89 Å². The second-order valence-electron chi connectivity index (χ2n) is 5.53. The van der Waals surface area contributed by atoms with Crippen LogP contribution in [-0.4, -0.2) is 43.7 Å². The number of aryl methyl sites for hydroxylation is 1. The van der Waals surface area contributed by atoms with E-state index in [0.717, 1.165) is 31.0 Å². The molecule has 0 aliphatic carbocycles. The van der Waals surface area contributed by atoms with Gasteiger partial charge in [-0.1, -0.05) is 12.6 Å². The molecular formula is C17H24N2O2. The fourth-order valence-corrected chi connectivity index (χ4v) is 2.47. The van der Waals surface area contributed by atoms with Crippen molar-refractivity contribution in [2.24, 2.45) is 0 Å². The summed E-state index contributed by atoms with van der Waals surface area (Å²) in [6.45, 7) is 11.5. The van der Waals surface area contributed by atoms with E-state index in [1.165, 1.54) is 18.2 Å². The Balaban J connectivity index is 2.13. The van der Waals surface area contributed by atoms with Crippen LogP contribution in [0.25, 0.3) is 6.08 Å². The number of benzene rings is 1. The Hall–Kier alpha value is -1.78. The molecule has 0 spiro atoms. The third-order valence-corrected chi connectivity index (χ3v) is 3.79. The highest BCUT2D eigenvalue weighted by Gasteiger charge is 2.18. The first-order valence-corrected chi connectivity index (χ1v) is 7.13. The van der Waals surface area contributed by atoms with Crippen molar-refractivity contribution in [1.29, 1.82) is 0 Å². The predicted molar refractivity (Wildman–Crippen MR) is 85.8 cm³/mol. The van der Waals surface area contributed by atoms with Gasteiger partial charge in [0, 0.05) is 18.8 Å². The summed E-state index contributed by atoms with van der Waals surface area (Å²) in [4.78, 5) is 14.3. The topological polar surface area (TPSA) is 24.9 Å². The van der Waals surface area contributed by atoms with Crippen LogP contribution in [0.5, 0.6) is 5.75 Å². The quantitative estimate of drug-likeness (QED) is 0.472. The Morgan fingerprint density at radius 3 is 2.67 bits per heavy atom. The molecule has 0 aromatic heterocycles. The van der Waals surface area contributed by atoms with E-state index >= 15 is 0 Å². The maximum Gasteiger partial charge on any atom is 0.165 e. The van der Waals surface area contributed by atoms with Gasteiger partial charge in [0.1, 0.15) is 0 Å². The van der Waals surface area contributed by atoms with Gasteiger partial charge in [-0.05, 0) is 55.8 Å². The van der Waals surface area contributed by atoms with Crippen LogP contribution in [0.3, 0.4) is 0 Å². The first-order valence-electron chi connectivity index (χ1n) is 7.13. The van der Waals surface area contributed by atoms with Crippen molar-refractivity contribution in [3.8, 4) is 5.75 Å². The average molecular weight is 288 g/mol. The largest absolute Gasteiger partial charge is 0.358 e. The first kappa shape index (κ1) is 15.6. The molecule has 0 atom stereocenters. The highest BCUT2D eigenvalue weighted by Crippen LogP contribution is 2.23. The van der Waals surface area contributed by atoms with Crippen molar-refractivity contribution in [1.82, 2.24) is 9.80 Å². The average Bonchev–Trinajstić information content (AvgIpc) is 2.88. The smallest absolute Gasteiger partial charge is 0.165 e. The molecule has 1 heterocycles. The molecule has 21 heavy (non-hydrogen) atoms. The van der Waals surface area contributed by atoms with Gasteiger partial charge in [-0.3, -0.25) is 4.90 Å². The molecule has 1 aromatic carbocycles. The van der Waals surface area contributed by atoms with E-state index in [2.05, 4.69) is 48.2 Å². The fourth-order valence-electron chi connectivity index (χ4n) is 2.47. The zero-order valence-corrected chi connectivity index (χ0v) is 13.3. The monoisotopic (exact) mass is 288 g/mol. The zero-order valence-electron chi connectivity index (χ0n) is 13.3. The van der Waals surface area contributed by atoms with Gasteiger partial charge in [-0.25, -0.2) is 0 Å². The molecule has 0 N–H and O–H groups in total. The van der Waals surface area contributed by atoms with E-state index in [9.17, 15) is 0 Å². The zero-order chi connectivity index (χ0) is 15.4. The summed E-state index contributed by atoms with van der Waals surface area (Å²) in [5.74, 6) is 0.713. The molecule has 0 unspecified atom stereocenters. The lowest BCUT2D eigenvalue weighted by Gasteiger charge is -2.21. The molecule has 1 aromatic rings. The van der Waals surface area contributed by atoms with Gasteiger partial charge in [0.15, 0.2) is 5.75 Å². The van der Waals surface area contributed by atoms with E-state index in [-0.39, 0.29) is 0 Å². The first-order chi connectivity index (χ1) is 10.0. The third-order valence-electron chi connectivity index (χ3n) is 3.79. The lowest BCUT2D eigenvalue weighted by Crippen LogP contribution is -2.22. The maximum atomic E-state index is 5.04. The molecule has 1 fully saturated rings. The third kappa shape index (κ3) is 3.86. The molecular weight excluding hydrogens is 264 g/mol. The summed E-state index contributed by atoms with van der Waals surface area (Å²) in [7, 11) is 3.63. The molecule has 1 aliphatic rings. The molecule has 4 nitrogen and oxygen atoms in total. The predicted octanol–water partition coefficient (Wildman–Crippen LogP) is 3.06. The molecule has 2 rings (SSSR count). The van der Waals surface area contributed by atoms with E-state index in [4.69, 9.17) is 4.89 Å². The second-order valence-corrected chi connectivity index (χ2v) is 5.53. The van der Waals surface area contributed by atoms with Crippen LogP contribution in [0.15, 0.2) is 36.0 Å². The van der Waals surface area contributed by atoms with Crippen LogP contribution >= 0.6 is 0 Å². The van der Waals surface area contributed by atoms with Gasteiger partial charge < -0.3 is 9.79 Å². The highest BCUT2D eigenvalue weighted by atomic mass is 17.2. The second kappa shape index (κ2) is 6.78. The summed E-state index contributed by atoms with van der Waals surface area (Å²) in [6, 6.07) is 5.91. The van der Waals surface area contributed by atoms with Crippen molar-refractivity contribution in [2.45, 2.75) is 13.8 Å². The van der Waals surface area contributed by atoms with Gasteiger partial charge in [-0.2, -0.15) is 4.89 Å². The van der Waals surface area contributed by atoms with Crippen LogP contribution < -0.4 is 4.89 Å². The van der Waals surface area contributed by atoms with Gasteiger partial charge in [0.05, 0.1) is 13.8 Å². The van der Waals surface area contributed by atoms with E-state index < -0.39 is 0 Å². The maximum absolute atomic E-state index is 5.04. The minimum atomic E-state index is 0.713. The molecule has 0 saturated carbocycles. The fraction of sp³-hybridized carbons (Fsp3) is 0.412. The van der Waals surface area contributed by atoms with E-state index in [0.29, 0.717) is 5.75 Å². The van der Waals surface area contributed by atoms with Gasteiger partial charge >= 0.3 is 0 Å². The number of hydrogen-bond donors (Lipinski definition) is 0. The minimum absolute atomic E-state index is 0.713. The SMILES string of the molecule is C=C(/C(C)=C/c1ccc(OOC)cc1C)N1CCN(C)C1. The molecule has 4 heteroatoms. The van der Waals surface area contributed by atoms with Gasteiger partial charge in [-0.15, -0.1) is 0 Å². The van der Waals surface area contributed by atoms with Crippen molar-refractivity contribution < 1.29 is 9.78 Å². The Kier molecular flexibility index (Phi) is 5.04. The van der Waals surface area contributed by atoms with Crippen LogP contribution in [0, 0.1) is 6.92 Å². The minimum Gasteiger partial charge on any atom is -0.358 e. The number of hydrogen-bond acceptors (Lipinski definition) is 4. The normalized spacial score (nSPS) is 16.4. The molecule has 1 aliphatic heterocycles. The van der Waals surface area contributed by atoms with Crippen molar-refractivity contribution in [3.05, 3.63) is 47.2 Å². The highest BCUT2D eigenvalue weighted by molar-refractivity contribution is 5.61. The van der Waals surface area contributed by atoms with Crippen molar-refractivity contribution >= 4 is 6.08 Å². The van der Waals surface area contributed by atoms with Crippen LogP contribution in [0.2, 0.25) is 0 Å².